The molecule has 1 heterocycles. The molecule has 7 nitrogen and oxygen atoms in total. The minimum absolute atomic E-state index is 0.0351. The lowest BCUT2D eigenvalue weighted by molar-refractivity contribution is 0.0695. The van der Waals surface area contributed by atoms with Crippen molar-refractivity contribution in [2.75, 3.05) is 6.54 Å². The highest BCUT2D eigenvalue weighted by Gasteiger charge is 2.17. The number of sulfonamides is 1. The predicted molar refractivity (Wildman–Crippen MR) is 83.6 cm³/mol. The molecule has 1 aromatic carbocycles. The van der Waals surface area contributed by atoms with E-state index in [1.54, 1.807) is 6.20 Å². The average Bonchev–Trinajstić information content (AvgIpc) is 2.91. The molecule has 0 aliphatic heterocycles. The Bertz CT molecular complexity index is 744. The predicted octanol–water partition coefficient (Wildman–Crippen LogP) is 1.23. The summed E-state index contributed by atoms with van der Waals surface area (Å²) in [6.45, 7) is 0.193. The fourth-order valence-electron chi connectivity index (χ4n) is 1.66. The van der Waals surface area contributed by atoms with Gasteiger partial charge in [-0.1, -0.05) is 0 Å². The van der Waals surface area contributed by atoms with Gasteiger partial charge in [-0.3, -0.25) is 0 Å². The second-order valence-corrected chi connectivity index (χ2v) is 7.10. The lowest BCUT2D eigenvalue weighted by atomic mass is 10.2. The largest absolute Gasteiger partial charge is 0.478 e. The molecule has 21 heavy (non-hydrogen) atoms. The van der Waals surface area contributed by atoms with Crippen molar-refractivity contribution in [2.45, 2.75) is 11.3 Å². The molecule has 0 radical (unpaired) electrons. The van der Waals surface area contributed by atoms with Gasteiger partial charge in [0.2, 0.25) is 10.0 Å². The van der Waals surface area contributed by atoms with Crippen molar-refractivity contribution < 1.29 is 18.3 Å². The molecular formula is C12H12IN3O4S. The third-order valence-electron chi connectivity index (χ3n) is 2.72. The van der Waals surface area contributed by atoms with Crippen LogP contribution in [0.4, 0.5) is 0 Å². The van der Waals surface area contributed by atoms with Gasteiger partial charge in [-0.25, -0.2) is 22.9 Å². The van der Waals surface area contributed by atoms with E-state index in [4.69, 9.17) is 5.11 Å². The lowest BCUT2D eigenvalue weighted by Gasteiger charge is -2.08. The zero-order valence-electron chi connectivity index (χ0n) is 10.7. The van der Waals surface area contributed by atoms with Gasteiger partial charge in [0.25, 0.3) is 0 Å². The number of rotatable bonds is 6. The van der Waals surface area contributed by atoms with Crippen LogP contribution in [0.15, 0.2) is 35.6 Å². The Kier molecular flexibility index (Phi) is 4.96. The number of benzene rings is 1. The van der Waals surface area contributed by atoms with E-state index in [0.29, 0.717) is 9.99 Å². The Hall–Kier alpha value is -1.46. The molecule has 1 aromatic heterocycles. The monoisotopic (exact) mass is 421 g/mol. The number of carbonyl (C=O) groups is 1. The average molecular weight is 421 g/mol. The fourth-order valence-corrected chi connectivity index (χ4v) is 3.28. The van der Waals surface area contributed by atoms with Crippen molar-refractivity contribution >= 4 is 38.6 Å². The Balaban J connectivity index is 2.12. The molecule has 0 bridgehead atoms. The molecule has 0 unspecified atom stereocenters. The van der Waals surface area contributed by atoms with Crippen molar-refractivity contribution in [3.8, 4) is 0 Å². The minimum Gasteiger partial charge on any atom is -0.478 e. The summed E-state index contributed by atoms with van der Waals surface area (Å²) >= 11 is 1.85. The van der Waals surface area contributed by atoms with Gasteiger partial charge in [0, 0.05) is 28.4 Å². The van der Waals surface area contributed by atoms with Crippen LogP contribution in [0.25, 0.3) is 0 Å². The van der Waals surface area contributed by atoms with Crippen LogP contribution in [-0.4, -0.2) is 36.0 Å². The van der Waals surface area contributed by atoms with Crippen LogP contribution in [0.1, 0.15) is 16.1 Å². The van der Waals surface area contributed by atoms with Crippen LogP contribution in [0.5, 0.6) is 0 Å². The number of nitrogens with zero attached hydrogens (tertiary/aromatic N) is 1. The smallest absolute Gasteiger partial charge is 0.336 e. The SMILES string of the molecule is O=C(O)c1cc(S(=O)(=O)NCCc2cnc[nH]2)ccc1I. The maximum atomic E-state index is 12.1. The van der Waals surface area contributed by atoms with Crippen molar-refractivity contribution in [1.82, 2.24) is 14.7 Å². The van der Waals surface area contributed by atoms with Gasteiger partial charge >= 0.3 is 5.97 Å². The molecule has 0 spiro atoms. The highest BCUT2D eigenvalue weighted by atomic mass is 127. The number of imidazole rings is 1. The van der Waals surface area contributed by atoms with Crippen LogP contribution < -0.4 is 4.72 Å². The maximum Gasteiger partial charge on any atom is 0.336 e. The molecule has 2 rings (SSSR count). The maximum absolute atomic E-state index is 12.1. The molecule has 0 amide bonds. The van der Waals surface area contributed by atoms with E-state index < -0.39 is 16.0 Å². The van der Waals surface area contributed by atoms with Gasteiger partial charge < -0.3 is 10.1 Å². The Morgan fingerprint density at radius 3 is 2.81 bits per heavy atom. The summed E-state index contributed by atoms with van der Waals surface area (Å²) in [5.41, 5.74) is 0.776. The summed E-state index contributed by atoms with van der Waals surface area (Å²) in [5, 5.41) is 9.03. The summed E-state index contributed by atoms with van der Waals surface area (Å²) in [7, 11) is -3.74. The zero-order chi connectivity index (χ0) is 15.5. The molecule has 0 aliphatic carbocycles. The highest BCUT2D eigenvalue weighted by molar-refractivity contribution is 14.1. The van der Waals surface area contributed by atoms with Gasteiger partial charge in [0.05, 0.1) is 16.8 Å². The lowest BCUT2D eigenvalue weighted by Crippen LogP contribution is -2.26. The van der Waals surface area contributed by atoms with E-state index in [1.165, 1.54) is 18.5 Å². The van der Waals surface area contributed by atoms with Crippen molar-refractivity contribution in [1.29, 1.82) is 0 Å². The van der Waals surface area contributed by atoms with Gasteiger partial charge in [-0.2, -0.15) is 0 Å². The summed E-state index contributed by atoms with van der Waals surface area (Å²) in [6.07, 6.45) is 3.60. The molecule has 2 aromatic rings. The number of aromatic carboxylic acids is 1. The Labute approximate surface area is 135 Å². The topological polar surface area (TPSA) is 112 Å². The van der Waals surface area contributed by atoms with Crippen molar-refractivity contribution in [3.63, 3.8) is 0 Å². The van der Waals surface area contributed by atoms with Gasteiger partial charge in [-0.05, 0) is 40.8 Å². The normalized spacial score (nSPS) is 11.5. The summed E-state index contributed by atoms with van der Waals surface area (Å²) in [5.74, 6) is -1.16. The van der Waals surface area contributed by atoms with Crippen LogP contribution in [0.3, 0.4) is 0 Å². The van der Waals surface area contributed by atoms with Crippen LogP contribution >= 0.6 is 22.6 Å². The van der Waals surface area contributed by atoms with Gasteiger partial charge in [-0.15, -0.1) is 0 Å². The summed E-state index contributed by atoms with van der Waals surface area (Å²) in [6, 6.07) is 4.00. The van der Waals surface area contributed by atoms with Gasteiger partial charge in [0.1, 0.15) is 0 Å². The number of hydrogen-bond donors (Lipinski definition) is 3. The standard InChI is InChI=1S/C12H12IN3O4S/c13-11-2-1-9(5-10(11)12(17)18)21(19,20)16-4-3-8-6-14-7-15-8/h1-2,5-7,16H,3-4H2,(H,14,15)(H,17,18). The number of aromatic amines is 1. The summed E-state index contributed by atoms with van der Waals surface area (Å²) in [4.78, 5) is 17.7. The molecule has 3 N–H and O–H groups in total. The van der Waals surface area contributed by atoms with E-state index in [1.807, 2.05) is 22.6 Å². The Morgan fingerprint density at radius 1 is 1.43 bits per heavy atom. The molecule has 0 saturated heterocycles. The molecule has 0 fully saturated rings. The Morgan fingerprint density at radius 2 is 2.19 bits per heavy atom. The van der Waals surface area contributed by atoms with E-state index in [0.717, 1.165) is 11.8 Å². The van der Waals surface area contributed by atoms with Crippen molar-refractivity contribution in [2.24, 2.45) is 0 Å². The first-order valence-electron chi connectivity index (χ1n) is 5.90. The molecule has 112 valence electrons. The van der Waals surface area contributed by atoms with Crippen LogP contribution in [0, 0.1) is 3.57 Å². The zero-order valence-corrected chi connectivity index (χ0v) is 13.7. The molecule has 0 atom stereocenters. The van der Waals surface area contributed by atoms with E-state index in [-0.39, 0.29) is 17.0 Å². The third kappa shape index (κ3) is 4.02. The quantitative estimate of drug-likeness (QED) is 0.608. The highest BCUT2D eigenvalue weighted by Crippen LogP contribution is 2.18. The molecule has 0 saturated carbocycles. The number of nitrogens with one attached hydrogen (secondary N) is 2. The first-order chi connectivity index (χ1) is 9.90. The molecule has 0 aliphatic rings. The number of hydrogen-bond acceptors (Lipinski definition) is 4. The number of carboxylic acid groups (broad SMARTS) is 1. The third-order valence-corrected chi connectivity index (χ3v) is 5.12. The van der Waals surface area contributed by atoms with Crippen LogP contribution in [0.2, 0.25) is 0 Å². The number of aromatic nitrogens is 2. The molecule has 9 heteroatoms. The first kappa shape index (κ1) is 15.9. The number of carboxylic acids is 1. The molecular weight excluding hydrogens is 409 g/mol. The fraction of sp³-hybridized carbons (Fsp3) is 0.167. The second-order valence-electron chi connectivity index (χ2n) is 4.17. The minimum atomic E-state index is -3.74. The van der Waals surface area contributed by atoms with Crippen LogP contribution in [-0.2, 0) is 16.4 Å². The number of halogens is 1. The number of H-pyrrole nitrogens is 1. The van der Waals surface area contributed by atoms with E-state index in [2.05, 4.69) is 14.7 Å². The van der Waals surface area contributed by atoms with Crippen molar-refractivity contribution in [3.05, 3.63) is 45.6 Å². The summed E-state index contributed by atoms with van der Waals surface area (Å²) < 4.78 is 27.1. The van der Waals surface area contributed by atoms with Gasteiger partial charge in [0.15, 0.2) is 0 Å². The van der Waals surface area contributed by atoms with E-state index in [9.17, 15) is 13.2 Å². The van der Waals surface area contributed by atoms with E-state index >= 15 is 0 Å². The first-order valence-corrected chi connectivity index (χ1v) is 8.46. The second kappa shape index (κ2) is 6.54.